The van der Waals surface area contributed by atoms with Crippen molar-refractivity contribution in [3.63, 3.8) is 0 Å². The molecule has 3 heteroatoms. The van der Waals surface area contributed by atoms with E-state index in [4.69, 9.17) is 0 Å². The van der Waals surface area contributed by atoms with Gasteiger partial charge in [-0.1, -0.05) is 42.5 Å². The van der Waals surface area contributed by atoms with Crippen LogP contribution in [0.15, 0.2) is 54.6 Å². The van der Waals surface area contributed by atoms with Gasteiger partial charge in [0.25, 0.3) is 5.82 Å². The molecule has 2 aromatic carbocycles. The number of aryl methyl sites for hydroxylation is 2. The van der Waals surface area contributed by atoms with E-state index in [1.165, 1.54) is 0 Å². The third kappa shape index (κ3) is 1.83. The fourth-order valence-corrected chi connectivity index (χ4v) is 2.65. The van der Waals surface area contributed by atoms with Gasteiger partial charge in [0.15, 0.2) is 17.1 Å². The Labute approximate surface area is 112 Å². The van der Waals surface area contributed by atoms with Gasteiger partial charge in [-0.25, -0.2) is 9.13 Å². The SMILES string of the molecule is Cn1c([C@H](O)c2ccccc2)[n+](C)c2ccccc21. The van der Waals surface area contributed by atoms with E-state index in [2.05, 4.69) is 12.1 Å². The average molecular weight is 253 g/mol. The molecule has 0 spiro atoms. The van der Waals surface area contributed by atoms with Gasteiger partial charge in [0.1, 0.15) is 0 Å². The van der Waals surface area contributed by atoms with Gasteiger partial charge in [0, 0.05) is 0 Å². The molecule has 1 atom stereocenters. The maximum Gasteiger partial charge on any atom is 0.291 e. The molecule has 0 saturated carbocycles. The van der Waals surface area contributed by atoms with Crippen LogP contribution in [0.2, 0.25) is 0 Å². The van der Waals surface area contributed by atoms with Crippen molar-refractivity contribution in [2.75, 3.05) is 0 Å². The highest BCUT2D eigenvalue weighted by molar-refractivity contribution is 5.72. The van der Waals surface area contributed by atoms with Gasteiger partial charge in [0.2, 0.25) is 0 Å². The lowest BCUT2D eigenvalue weighted by Gasteiger charge is -2.08. The van der Waals surface area contributed by atoms with E-state index in [1.54, 1.807) is 0 Å². The minimum atomic E-state index is -0.622. The lowest BCUT2D eigenvalue weighted by molar-refractivity contribution is -0.657. The molecule has 0 bridgehead atoms. The Balaban J connectivity index is 2.21. The number of aliphatic hydroxyl groups is 1. The van der Waals surface area contributed by atoms with Crippen LogP contribution in [-0.4, -0.2) is 9.67 Å². The standard InChI is InChI=1S/C16H17N2O/c1-17-13-10-6-7-11-14(13)18(2)16(17)15(19)12-8-4-3-5-9-12/h3-11,15,19H,1-2H3/q+1/t15-/m1/s1. The Morgan fingerprint density at radius 1 is 1.00 bits per heavy atom. The maximum atomic E-state index is 10.6. The quantitative estimate of drug-likeness (QED) is 0.696. The molecule has 3 nitrogen and oxygen atoms in total. The number of para-hydroxylation sites is 2. The summed E-state index contributed by atoms with van der Waals surface area (Å²) < 4.78 is 4.10. The number of imidazole rings is 1. The van der Waals surface area contributed by atoms with Gasteiger partial charge in [-0.2, -0.15) is 0 Å². The molecule has 0 amide bonds. The van der Waals surface area contributed by atoms with Crippen LogP contribution in [0.4, 0.5) is 0 Å². The third-order valence-corrected chi connectivity index (χ3v) is 3.65. The van der Waals surface area contributed by atoms with E-state index in [1.807, 2.05) is 65.7 Å². The zero-order chi connectivity index (χ0) is 13.4. The molecular weight excluding hydrogens is 236 g/mol. The Bertz CT molecular complexity index is 677. The minimum Gasteiger partial charge on any atom is -0.376 e. The molecule has 0 aliphatic heterocycles. The van der Waals surface area contributed by atoms with Crippen LogP contribution in [0.1, 0.15) is 17.5 Å². The maximum absolute atomic E-state index is 10.6. The van der Waals surface area contributed by atoms with E-state index in [0.717, 1.165) is 22.4 Å². The number of fused-ring (bicyclic) bond motifs is 1. The molecule has 1 heterocycles. The highest BCUT2D eigenvalue weighted by atomic mass is 16.3. The van der Waals surface area contributed by atoms with Crippen molar-refractivity contribution in [1.82, 2.24) is 4.57 Å². The number of nitrogens with zero attached hydrogens (tertiary/aromatic N) is 2. The zero-order valence-corrected chi connectivity index (χ0v) is 11.1. The Morgan fingerprint density at radius 3 is 2.32 bits per heavy atom. The van der Waals surface area contributed by atoms with Gasteiger partial charge >= 0.3 is 0 Å². The second kappa shape index (κ2) is 4.52. The van der Waals surface area contributed by atoms with Crippen LogP contribution in [0.3, 0.4) is 0 Å². The second-order valence-corrected chi connectivity index (χ2v) is 4.78. The van der Waals surface area contributed by atoms with E-state index < -0.39 is 6.10 Å². The molecule has 0 radical (unpaired) electrons. The van der Waals surface area contributed by atoms with Gasteiger partial charge in [-0.15, -0.1) is 0 Å². The molecule has 3 aromatic rings. The third-order valence-electron chi connectivity index (χ3n) is 3.65. The molecule has 0 unspecified atom stereocenters. The fourth-order valence-electron chi connectivity index (χ4n) is 2.65. The van der Waals surface area contributed by atoms with Crippen LogP contribution in [-0.2, 0) is 14.1 Å². The summed E-state index contributed by atoms with van der Waals surface area (Å²) in [7, 11) is 3.98. The molecule has 1 aromatic heterocycles. The first-order valence-electron chi connectivity index (χ1n) is 6.36. The van der Waals surface area contributed by atoms with Crippen molar-refractivity contribution in [3.8, 4) is 0 Å². The summed E-state index contributed by atoms with van der Waals surface area (Å²) in [6, 6.07) is 17.9. The second-order valence-electron chi connectivity index (χ2n) is 4.78. The van der Waals surface area contributed by atoms with Crippen molar-refractivity contribution in [3.05, 3.63) is 66.0 Å². The number of hydrogen-bond donors (Lipinski definition) is 1. The molecule has 0 aliphatic carbocycles. The van der Waals surface area contributed by atoms with Crippen LogP contribution in [0.5, 0.6) is 0 Å². The summed E-state index contributed by atoms with van der Waals surface area (Å²) in [6.45, 7) is 0. The first-order valence-corrected chi connectivity index (χ1v) is 6.36. The molecule has 3 rings (SSSR count). The Morgan fingerprint density at radius 2 is 1.63 bits per heavy atom. The summed E-state index contributed by atoms with van der Waals surface area (Å²) in [6.07, 6.45) is -0.622. The number of benzene rings is 2. The van der Waals surface area contributed by atoms with Crippen molar-refractivity contribution in [1.29, 1.82) is 0 Å². The lowest BCUT2D eigenvalue weighted by atomic mass is 10.1. The number of hydrogen-bond acceptors (Lipinski definition) is 1. The summed E-state index contributed by atoms with van der Waals surface area (Å²) in [4.78, 5) is 0. The highest BCUT2D eigenvalue weighted by Gasteiger charge is 2.27. The predicted molar refractivity (Wildman–Crippen MR) is 74.6 cm³/mol. The van der Waals surface area contributed by atoms with Crippen LogP contribution >= 0.6 is 0 Å². The first-order chi connectivity index (χ1) is 9.20. The summed E-state index contributed by atoms with van der Waals surface area (Å²) in [5.41, 5.74) is 3.15. The summed E-state index contributed by atoms with van der Waals surface area (Å²) >= 11 is 0. The molecule has 0 saturated heterocycles. The van der Waals surface area contributed by atoms with Crippen molar-refractivity contribution < 1.29 is 9.67 Å². The molecule has 19 heavy (non-hydrogen) atoms. The fraction of sp³-hybridized carbons (Fsp3) is 0.188. The Hall–Kier alpha value is -2.13. The molecule has 96 valence electrons. The van der Waals surface area contributed by atoms with Crippen molar-refractivity contribution in [2.24, 2.45) is 14.1 Å². The smallest absolute Gasteiger partial charge is 0.291 e. The zero-order valence-electron chi connectivity index (χ0n) is 11.1. The number of aliphatic hydroxyl groups excluding tert-OH is 1. The number of aromatic nitrogens is 2. The molecule has 0 fully saturated rings. The summed E-state index contributed by atoms with van der Waals surface area (Å²) in [5, 5.41) is 10.6. The minimum absolute atomic E-state index is 0.622. The van der Waals surface area contributed by atoms with Crippen molar-refractivity contribution >= 4 is 11.0 Å². The highest BCUT2D eigenvalue weighted by Crippen LogP contribution is 2.22. The lowest BCUT2D eigenvalue weighted by Crippen LogP contribution is -2.35. The predicted octanol–water partition coefficient (Wildman–Crippen LogP) is 2.08. The Kier molecular flexibility index (Phi) is 2.84. The average Bonchev–Trinajstić information content (AvgIpc) is 2.72. The molecular formula is C16H17N2O+. The molecule has 1 N–H and O–H groups in total. The van der Waals surface area contributed by atoms with Crippen LogP contribution in [0, 0.1) is 0 Å². The van der Waals surface area contributed by atoms with Gasteiger partial charge in [0.05, 0.1) is 14.1 Å². The largest absolute Gasteiger partial charge is 0.376 e. The van der Waals surface area contributed by atoms with E-state index in [9.17, 15) is 5.11 Å². The van der Waals surface area contributed by atoms with E-state index in [0.29, 0.717) is 0 Å². The molecule has 0 aliphatic rings. The number of rotatable bonds is 2. The normalized spacial score (nSPS) is 12.8. The van der Waals surface area contributed by atoms with Gasteiger partial charge in [-0.05, 0) is 17.7 Å². The monoisotopic (exact) mass is 253 g/mol. The first kappa shape index (κ1) is 11.9. The summed E-state index contributed by atoms with van der Waals surface area (Å²) in [5.74, 6) is 0.882. The van der Waals surface area contributed by atoms with Gasteiger partial charge in [-0.3, -0.25) is 0 Å². The topological polar surface area (TPSA) is 29.0 Å². The van der Waals surface area contributed by atoms with Gasteiger partial charge < -0.3 is 5.11 Å². The van der Waals surface area contributed by atoms with Crippen molar-refractivity contribution in [2.45, 2.75) is 6.10 Å². The van der Waals surface area contributed by atoms with E-state index in [-0.39, 0.29) is 0 Å². The van der Waals surface area contributed by atoms with E-state index >= 15 is 0 Å². The van der Waals surface area contributed by atoms with Crippen LogP contribution in [0.25, 0.3) is 11.0 Å². The van der Waals surface area contributed by atoms with Crippen LogP contribution < -0.4 is 4.57 Å².